The number of nitrogens with zero attached hydrogens (tertiary/aromatic N) is 1. The molecule has 5 heteroatoms. The molecule has 0 aromatic heterocycles. The van der Waals surface area contributed by atoms with E-state index in [0.29, 0.717) is 6.54 Å². The summed E-state index contributed by atoms with van der Waals surface area (Å²) in [5, 5.41) is 3.08. The molecule has 0 spiro atoms. The number of likely N-dealkylation sites (tertiary alicyclic amines) is 1. The van der Waals surface area contributed by atoms with Crippen molar-refractivity contribution in [3.63, 3.8) is 0 Å². The maximum Gasteiger partial charge on any atom is 0.258 e. The van der Waals surface area contributed by atoms with Gasteiger partial charge in [-0.05, 0) is 67.7 Å². The Kier molecular flexibility index (Phi) is 8.57. The van der Waals surface area contributed by atoms with Crippen molar-refractivity contribution in [1.82, 2.24) is 10.2 Å². The minimum absolute atomic E-state index is 0.0286. The molecule has 5 nitrogen and oxygen atoms in total. The van der Waals surface area contributed by atoms with Gasteiger partial charge in [0, 0.05) is 6.54 Å². The molecule has 0 aliphatic carbocycles. The summed E-state index contributed by atoms with van der Waals surface area (Å²) in [5.74, 6) is 1.48. The van der Waals surface area contributed by atoms with Crippen molar-refractivity contribution in [2.24, 2.45) is 0 Å². The molecular weight excluding hydrogens is 376 g/mol. The monoisotopic (exact) mass is 410 g/mol. The maximum absolute atomic E-state index is 12.5. The van der Waals surface area contributed by atoms with Crippen LogP contribution in [0.25, 0.3) is 0 Å². The van der Waals surface area contributed by atoms with Crippen LogP contribution in [-0.2, 0) is 11.2 Å². The predicted octanol–water partition coefficient (Wildman–Crippen LogP) is 4.37. The summed E-state index contributed by atoms with van der Waals surface area (Å²) in [6.07, 6.45) is 5.96. The fraction of sp³-hybridized carbons (Fsp3) is 0.480. The lowest BCUT2D eigenvalue weighted by Crippen LogP contribution is -2.40. The van der Waals surface area contributed by atoms with Crippen molar-refractivity contribution in [3.8, 4) is 11.5 Å². The van der Waals surface area contributed by atoms with Gasteiger partial charge in [-0.1, -0.05) is 44.0 Å². The van der Waals surface area contributed by atoms with Gasteiger partial charge in [0.15, 0.2) is 6.61 Å². The summed E-state index contributed by atoms with van der Waals surface area (Å²) in [6, 6.07) is 16.3. The van der Waals surface area contributed by atoms with E-state index in [-0.39, 0.29) is 18.6 Å². The summed E-state index contributed by atoms with van der Waals surface area (Å²) < 4.78 is 11.0. The highest BCUT2D eigenvalue weighted by molar-refractivity contribution is 5.77. The van der Waals surface area contributed by atoms with Gasteiger partial charge in [0.05, 0.1) is 13.2 Å². The second-order valence-corrected chi connectivity index (χ2v) is 7.83. The van der Waals surface area contributed by atoms with E-state index >= 15 is 0 Å². The van der Waals surface area contributed by atoms with Crippen LogP contribution in [0.3, 0.4) is 0 Å². The van der Waals surface area contributed by atoms with Crippen molar-refractivity contribution in [2.75, 3.05) is 33.4 Å². The van der Waals surface area contributed by atoms with Crippen molar-refractivity contribution in [3.05, 3.63) is 59.7 Å². The van der Waals surface area contributed by atoms with Crippen LogP contribution >= 0.6 is 0 Å². The molecule has 0 bridgehead atoms. The minimum Gasteiger partial charge on any atom is -0.497 e. The first-order chi connectivity index (χ1) is 14.7. The average molecular weight is 411 g/mol. The quantitative estimate of drug-likeness (QED) is 0.667. The molecule has 1 fully saturated rings. The van der Waals surface area contributed by atoms with Gasteiger partial charge in [-0.15, -0.1) is 0 Å². The van der Waals surface area contributed by atoms with Crippen molar-refractivity contribution < 1.29 is 14.3 Å². The van der Waals surface area contributed by atoms with E-state index in [9.17, 15) is 4.79 Å². The number of hydrogen-bond acceptors (Lipinski definition) is 4. The smallest absolute Gasteiger partial charge is 0.258 e. The molecule has 1 aliphatic rings. The molecule has 0 radical (unpaired) electrons. The third-order valence-electron chi connectivity index (χ3n) is 5.78. The van der Waals surface area contributed by atoms with Crippen molar-refractivity contribution in [1.29, 1.82) is 0 Å². The van der Waals surface area contributed by atoms with Crippen LogP contribution in [0, 0.1) is 0 Å². The Balaban J connectivity index is 1.59. The SMILES string of the molecule is CCc1ccc(OCC(=O)NCC(c2ccc(OC)cc2)N2CCCCCC2)cc1. The molecule has 2 aromatic rings. The number of aryl methyl sites for hydroxylation is 1. The average Bonchev–Trinajstić information content (AvgIpc) is 3.08. The maximum atomic E-state index is 12.5. The topological polar surface area (TPSA) is 50.8 Å². The first kappa shape index (κ1) is 22.2. The molecule has 30 heavy (non-hydrogen) atoms. The van der Waals surface area contributed by atoms with Crippen LogP contribution in [0.15, 0.2) is 48.5 Å². The van der Waals surface area contributed by atoms with Gasteiger partial charge in [-0.3, -0.25) is 9.69 Å². The molecule has 162 valence electrons. The lowest BCUT2D eigenvalue weighted by molar-refractivity contribution is -0.123. The number of ether oxygens (including phenoxy) is 2. The second-order valence-electron chi connectivity index (χ2n) is 7.83. The zero-order valence-electron chi connectivity index (χ0n) is 18.2. The molecular formula is C25H34N2O3. The third kappa shape index (κ3) is 6.49. The number of carbonyl (C=O) groups is 1. The Hall–Kier alpha value is -2.53. The summed E-state index contributed by atoms with van der Waals surface area (Å²) in [4.78, 5) is 15.0. The second kappa shape index (κ2) is 11.6. The largest absolute Gasteiger partial charge is 0.497 e. The molecule has 1 heterocycles. The number of rotatable bonds is 9. The van der Waals surface area contributed by atoms with E-state index in [0.717, 1.165) is 31.0 Å². The summed E-state index contributed by atoms with van der Waals surface area (Å²) >= 11 is 0. The lowest BCUT2D eigenvalue weighted by atomic mass is 10.0. The Labute approximate surface area is 180 Å². The lowest BCUT2D eigenvalue weighted by Gasteiger charge is -2.31. The zero-order valence-corrected chi connectivity index (χ0v) is 18.2. The molecule has 1 N–H and O–H groups in total. The van der Waals surface area contributed by atoms with Crippen molar-refractivity contribution >= 4 is 5.91 Å². The van der Waals surface area contributed by atoms with Gasteiger partial charge in [0.2, 0.25) is 0 Å². The first-order valence-corrected chi connectivity index (χ1v) is 11.1. The van der Waals surface area contributed by atoms with E-state index in [1.165, 1.54) is 36.8 Å². The van der Waals surface area contributed by atoms with Gasteiger partial charge >= 0.3 is 0 Å². The molecule has 1 amide bonds. The van der Waals surface area contributed by atoms with Gasteiger partial charge in [-0.2, -0.15) is 0 Å². The van der Waals surface area contributed by atoms with Crippen LogP contribution in [0.1, 0.15) is 49.8 Å². The van der Waals surface area contributed by atoms with E-state index in [1.54, 1.807) is 7.11 Å². The molecule has 2 aromatic carbocycles. The summed E-state index contributed by atoms with van der Waals surface area (Å²) in [7, 11) is 1.68. The highest BCUT2D eigenvalue weighted by Crippen LogP contribution is 2.25. The fourth-order valence-electron chi connectivity index (χ4n) is 3.92. The Morgan fingerprint density at radius 3 is 2.20 bits per heavy atom. The molecule has 0 saturated carbocycles. The third-order valence-corrected chi connectivity index (χ3v) is 5.78. The Morgan fingerprint density at radius 2 is 1.60 bits per heavy atom. The summed E-state index contributed by atoms with van der Waals surface area (Å²) in [5.41, 5.74) is 2.46. The molecule has 3 rings (SSSR count). The van der Waals surface area contributed by atoms with E-state index in [1.807, 2.05) is 36.4 Å². The predicted molar refractivity (Wildman–Crippen MR) is 120 cm³/mol. The fourth-order valence-corrected chi connectivity index (χ4v) is 3.92. The van der Waals surface area contributed by atoms with Crippen molar-refractivity contribution in [2.45, 2.75) is 45.1 Å². The van der Waals surface area contributed by atoms with Gasteiger partial charge in [0.25, 0.3) is 5.91 Å². The zero-order chi connectivity index (χ0) is 21.2. The Morgan fingerprint density at radius 1 is 0.967 bits per heavy atom. The number of methoxy groups -OCH3 is 1. The number of nitrogens with one attached hydrogen (secondary N) is 1. The normalized spacial score (nSPS) is 15.8. The van der Waals surface area contributed by atoms with E-state index < -0.39 is 0 Å². The summed E-state index contributed by atoms with van der Waals surface area (Å²) in [6.45, 7) is 4.84. The number of carbonyl (C=O) groups excluding carboxylic acids is 1. The standard InChI is InChI=1S/C25H34N2O3/c1-3-20-8-12-23(13-9-20)30-19-25(28)26-18-24(27-16-6-4-5-7-17-27)21-10-14-22(29-2)15-11-21/h8-15,24H,3-7,16-19H2,1-2H3,(H,26,28). The first-order valence-electron chi connectivity index (χ1n) is 11.1. The van der Waals surface area contributed by atoms with E-state index in [4.69, 9.17) is 9.47 Å². The molecule has 1 atom stereocenters. The van der Waals surface area contributed by atoms with Gasteiger partial charge in [-0.25, -0.2) is 0 Å². The molecule has 1 aliphatic heterocycles. The van der Waals surface area contributed by atoms with Gasteiger partial charge in [0.1, 0.15) is 11.5 Å². The van der Waals surface area contributed by atoms with Crippen LogP contribution in [0.5, 0.6) is 11.5 Å². The number of benzene rings is 2. The molecule has 1 saturated heterocycles. The highest BCUT2D eigenvalue weighted by atomic mass is 16.5. The Bertz CT molecular complexity index is 766. The number of hydrogen-bond donors (Lipinski definition) is 1. The minimum atomic E-state index is -0.0945. The van der Waals surface area contributed by atoms with Crippen LogP contribution in [0.4, 0.5) is 0 Å². The number of amides is 1. The highest BCUT2D eigenvalue weighted by Gasteiger charge is 2.22. The van der Waals surface area contributed by atoms with Crippen LogP contribution in [0.2, 0.25) is 0 Å². The van der Waals surface area contributed by atoms with Crippen LogP contribution < -0.4 is 14.8 Å². The van der Waals surface area contributed by atoms with Gasteiger partial charge < -0.3 is 14.8 Å². The molecule has 1 unspecified atom stereocenters. The van der Waals surface area contributed by atoms with E-state index in [2.05, 4.69) is 29.3 Å². The van der Waals surface area contributed by atoms with Crippen LogP contribution in [-0.4, -0.2) is 44.2 Å².